The highest BCUT2D eigenvalue weighted by Crippen LogP contribution is 2.41. The molecule has 2 aliphatic heterocycles. The van der Waals surface area contributed by atoms with Crippen LogP contribution in [0.3, 0.4) is 0 Å². The van der Waals surface area contributed by atoms with E-state index >= 15 is 0 Å². The van der Waals surface area contributed by atoms with Crippen LogP contribution >= 0.6 is 0 Å². The number of Topliss-reactive ketones (excluding diaryl/α,β-unsaturated/α-hetero) is 1. The number of rotatable bonds is 6. The van der Waals surface area contributed by atoms with E-state index < -0.39 is 23.7 Å². The zero-order valence-electron chi connectivity index (χ0n) is 21.3. The lowest BCUT2D eigenvalue weighted by Gasteiger charge is -2.25. The van der Waals surface area contributed by atoms with Gasteiger partial charge in [-0.3, -0.25) is 9.59 Å². The summed E-state index contributed by atoms with van der Waals surface area (Å²) >= 11 is 0. The minimum atomic E-state index is -0.829. The van der Waals surface area contributed by atoms with Crippen LogP contribution in [0.15, 0.2) is 72.3 Å². The van der Waals surface area contributed by atoms with Crippen LogP contribution in [0.5, 0.6) is 11.5 Å². The van der Waals surface area contributed by atoms with Crippen LogP contribution in [0.25, 0.3) is 5.76 Å². The predicted molar refractivity (Wildman–Crippen MR) is 139 cm³/mol. The number of hydrogen-bond donors (Lipinski definition) is 1. The summed E-state index contributed by atoms with van der Waals surface area (Å²) in [6, 6.07) is 18.1. The van der Waals surface area contributed by atoms with Gasteiger partial charge in [0.15, 0.2) is 0 Å². The number of hydrogen-bond acceptors (Lipinski definition) is 7. The molecule has 0 radical (unpaired) electrons. The van der Waals surface area contributed by atoms with E-state index in [0.29, 0.717) is 34.4 Å². The Morgan fingerprint density at radius 2 is 1.68 bits per heavy atom. The Kier molecular flexibility index (Phi) is 6.63. The van der Waals surface area contributed by atoms with Gasteiger partial charge in [0.25, 0.3) is 11.7 Å². The van der Waals surface area contributed by atoms with Crippen LogP contribution in [-0.4, -0.2) is 48.0 Å². The Morgan fingerprint density at radius 1 is 1.00 bits per heavy atom. The third-order valence-electron chi connectivity index (χ3n) is 6.87. The largest absolute Gasteiger partial charge is 0.507 e. The van der Waals surface area contributed by atoms with Crippen molar-refractivity contribution in [2.24, 2.45) is 0 Å². The molecule has 1 N–H and O–H groups in total. The Hall–Kier alpha value is -4.59. The first-order chi connectivity index (χ1) is 18.3. The number of fused-ring (bicyclic) bond motifs is 1. The maximum Gasteiger partial charge on any atom is 0.337 e. The third kappa shape index (κ3) is 4.49. The standard InChI is InChI=1S/C30H27NO7/c1-17-14-22-15-21(10-13-24(22)38-17)27(32)25-26(19-8-11-23(36-2)12-9-19)31(29(34)28(25)33)16-18-4-6-20(7-5-18)30(35)37-3/h4-13,15,17,26,32H,14,16H2,1-3H3/b27-25-. The number of aliphatic hydroxyl groups excluding tert-OH is 1. The molecule has 1 amide bonds. The minimum absolute atomic E-state index is 0.0123. The van der Waals surface area contributed by atoms with Gasteiger partial charge in [0.05, 0.1) is 31.4 Å². The highest BCUT2D eigenvalue weighted by atomic mass is 16.5. The van der Waals surface area contributed by atoms with Crippen molar-refractivity contribution < 1.29 is 33.7 Å². The number of ether oxygens (including phenoxy) is 3. The SMILES string of the molecule is COC(=O)c1ccc(CN2C(=O)C(=O)/C(=C(\O)c3ccc4c(c3)CC(C)O4)C2c2ccc(OC)cc2)cc1. The second-order valence-corrected chi connectivity index (χ2v) is 9.34. The Morgan fingerprint density at radius 3 is 2.34 bits per heavy atom. The molecule has 38 heavy (non-hydrogen) atoms. The van der Waals surface area contributed by atoms with E-state index in [1.165, 1.54) is 12.0 Å². The van der Waals surface area contributed by atoms with E-state index in [2.05, 4.69) is 0 Å². The molecular weight excluding hydrogens is 486 g/mol. The molecule has 8 nitrogen and oxygen atoms in total. The van der Waals surface area contributed by atoms with Gasteiger partial charge in [-0.1, -0.05) is 24.3 Å². The number of nitrogens with zero attached hydrogens (tertiary/aromatic N) is 1. The van der Waals surface area contributed by atoms with Gasteiger partial charge in [-0.25, -0.2) is 4.79 Å². The summed E-state index contributed by atoms with van der Waals surface area (Å²) in [6.07, 6.45) is 0.715. The number of carbonyl (C=O) groups is 3. The molecule has 2 aliphatic rings. The van der Waals surface area contributed by atoms with Gasteiger partial charge in [0.1, 0.15) is 23.4 Å². The predicted octanol–water partition coefficient (Wildman–Crippen LogP) is 4.43. The number of likely N-dealkylation sites (tertiary alicyclic amines) is 1. The fraction of sp³-hybridized carbons (Fsp3) is 0.233. The number of ketones is 1. The summed E-state index contributed by atoms with van der Waals surface area (Å²) < 4.78 is 15.8. The molecule has 2 unspecified atom stereocenters. The van der Waals surface area contributed by atoms with E-state index in [9.17, 15) is 19.5 Å². The monoisotopic (exact) mass is 513 g/mol. The summed E-state index contributed by atoms with van der Waals surface area (Å²) in [5, 5.41) is 11.4. The molecule has 1 saturated heterocycles. The van der Waals surface area contributed by atoms with Crippen molar-refractivity contribution in [3.63, 3.8) is 0 Å². The molecule has 0 saturated carbocycles. The molecule has 1 fully saturated rings. The smallest absolute Gasteiger partial charge is 0.337 e. The Balaban J connectivity index is 1.57. The second kappa shape index (κ2) is 10.0. The zero-order chi connectivity index (χ0) is 27.0. The molecule has 8 heteroatoms. The maximum atomic E-state index is 13.4. The lowest BCUT2D eigenvalue weighted by atomic mass is 9.94. The first-order valence-corrected chi connectivity index (χ1v) is 12.2. The number of methoxy groups -OCH3 is 2. The van der Waals surface area contributed by atoms with Gasteiger partial charge in [0.2, 0.25) is 0 Å². The number of aliphatic hydroxyl groups is 1. The van der Waals surface area contributed by atoms with E-state index in [-0.39, 0.29) is 24.0 Å². The van der Waals surface area contributed by atoms with Crippen molar-refractivity contribution in [1.29, 1.82) is 0 Å². The van der Waals surface area contributed by atoms with Crippen molar-refractivity contribution in [1.82, 2.24) is 4.90 Å². The maximum absolute atomic E-state index is 13.4. The Bertz CT molecular complexity index is 1440. The summed E-state index contributed by atoms with van der Waals surface area (Å²) in [5.41, 5.74) is 3.12. The topological polar surface area (TPSA) is 102 Å². The summed E-state index contributed by atoms with van der Waals surface area (Å²) in [7, 11) is 2.86. The lowest BCUT2D eigenvalue weighted by Crippen LogP contribution is -2.29. The summed E-state index contributed by atoms with van der Waals surface area (Å²) in [4.78, 5) is 39.9. The number of benzene rings is 3. The average Bonchev–Trinajstić information content (AvgIpc) is 3.43. The number of amides is 1. The van der Waals surface area contributed by atoms with Gasteiger partial charge >= 0.3 is 5.97 Å². The number of carbonyl (C=O) groups excluding carboxylic acids is 3. The van der Waals surface area contributed by atoms with Crippen molar-refractivity contribution in [3.8, 4) is 11.5 Å². The van der Waals surface area contributed by atoms with Crippen LogP contribution in [0.4, 0.5) is 0 Å². The normalized spacial score (nSPS) is 19.7. The molecule has 5 rings (SSSR count). The third-order valence-corrected chi connectivity index (χ3v) is 6.87. The van der Waals surface area contributed by atoms with Crippen LogP contribution in [0.2, 0.25) is 0 Å². The summed E-state index contributed by atoms with van der Waals surface area (Å²) in [5.74, 6) is -0.824. The van der Waals surface area contributed by atoms with Gasteiger partial charge in [-0.15, -0.1) is 0 Å². The van der Waals surface area contributed by atoms with E-state index in [0.717, 1.165) is 11.3 Å². The fourth-order valence-corrected chi connectivity index (χ4v) is 4.96. The molecule has 0 aliphatic carbocycles. The zero-order valence-corrected chi connectivity index (χ0v) is 21.3. The van der Waals surface area contributed by atoms with Crippen LogP contribution < -0.4 is 9.47 Å². The molecule has 3 aromatic rings. The van der Waals surface area contributed by atoms with E-state index in [4.69, 9.17) is 14.2 Å². The van der Waals surface area contributed by atoms with Gasteiger partial charge in [-0.2, -0.15) is 0 Å². The molecule has 0 bridgehead atoms. The fourth-order valence-electron chi connectivity index (χ4n) is 4.96. The highest BCUT2D eigenvalue weighted by Gasteiger charge is 2.46. The molecule has 0 aromatic heterocycles. The first kappa shape index (κ1) is 25.1. The van der Waals surface area contributed by atoms with Gasteiger partial charge < -0.3 is 24.2 Å². The number of esters is 1. The molecule has 3 aromatic carbocycles. The lowest BCUT2D eigenvalue weighted by molar-refractivity contribution is -0.140. The Labute approximate surface area is 220 Å². The van der Waals surface area contributed by atoms with E-state index in [1.807, 2.05) is 6.92 Å². The van der Waals surface area contributed by atoms with Crippen molar-refractivity contribution in [3.05, 3.63) is 100 Å². The van der Waals surface area contributed by atoms with Crippen LogP contribution in [0.1, 0.15) is 45.6 Å². The molecule has 2 atom stereocenters. The van der Waals surface area contributed by atoms with Gasteiger partial charge in [0, 0.05) is 18.5 Å². The highest BCUT2D eigenvalue weighted by molar-refractivity contribution is 6.46. The molecule has 194 valence electrons. The quantitative estimate of drug-likeness (QED) is 0.225. The first-order valence-electron chi connectivity index (χ1n) is 12.2. The van der Waals surface area contributed by atoms with E-state index in [1.54, 1.807) is 73.8 Å². The molecule has 2 heterocycles. The van der Waals surface area contributed by atoms with Gasteiger partial charge in [-0.05, 0) is 66.1 Å². The van der Waals surface area contributed by atoms with Crippen molar-refractivity contribution in [2.45, 2.75) is 32.0 Å². The van der Waals surface area contributed by atoms with Crippen molar-refractivity contribution >= 4 is 23.4 Å². The van der Waals surface area contributed by atoms with Crippen LogP contribution in [0, 0.1) is 0 Å². The minimum Gasteiger partial charge on any atom is -0.507 e. The summed E-state index contributed by atoms with van der Waals surface area (Å²) in [6.45, 7) is 2.06. The molecular formula is C30H27NO7. The van der Waals surface area contributed by atoms with Crippen molar-refractivity contribution in [2.75, 3.05) is 14.2 Å². The molecule has 0 spiro atoms. The van der Waals surface area contributed by atoms with Crippen LogP contribution in [-0.2, 0) is 27.3 Å². The average molecular weight is 514 g/mol. The second-order valence-electron chi connectivity index (χ2n) is 9.34.